The monoisotopic (exact) mass is 261 g/mol. The summed E-state index contributed by atoms with van der Waals surface area (Å²) in [5.41, 5.74) is 1.94. The molecule has 0 aromatic heterocycles. The van der Waals surface area contributed by atoms with Crippen LogP contribution in [0.2, 0.25) is 0 Å². The van der Waals surface area contributed by atoms with E-state index in [-0.39, 0.29) is 6.03 Å². The lowest BCUT2D eigenvalue weighted by Crippen LogP contribution is -2.49. The number of anilines is 1. The minimum absolute atomic E-state index is 0.0103. The third-order valence-electron chi connectivity index (χ3n) is 3.92. The highest BCUT2D eigenvalue weighted by atomic mass is 16.5. The number of carbonyl (C=O) groups is 1. The molecule has 0 spiro atoms. The Morgan fingerprint density at radius 1 is 1.32 bits per heavy atom. The first-order chi connectivity index (χ1) is 9.29. The SMILES string of the molecule is COc1cccc2c1NC(=O)N(C1CCNCC1)C2. The number of amides is 2. The lowest BCUT2D eigenvalue weighted by atomic mass is 10.0. The average molecular weight is 261 g/mol. The molecular weight excluding hydrogens is 242 g/mol. The molecule has 2 aliphatic heterocycles. The fourth-order valence-electron chi connectivity index (χ4n) is 2.87. The third-order valence-corrected chi connectivity index (χ3v) is 3.92. The molecule has 2 amide bonds. The van der Waals surface area contributed by atoms with Crippen LogP contribution >= 0.6 is 0 Å². The topological polar surface area (TPSA) is 53.6 Å². The number of rotatable bonds is 2. The van der Waals surface area contributed by atoms with Gasteiger partial charge in [-0.1, -0.05) is 12.1 Å². The van der Waals surface area contributed by atoms with Gasteiger partial charge in [0.15, 0.2) is 0 Å². The zero-order chi connectivity index (χ0) is 13.2. The summed E-state index contributed by atoms with van der Waals surface area (Å²) in [5, 5.41) is 6.30. The summed E-state index contributed by atoms with van der Waals surface area (Å²) in [7, 11) is 1.63. The van der Waals surface area contributed by atoms with Gasteiger partial charge in [0.25, 0.3) is 0 Å². The Labute approximate surface area is 112 Å². The van der Waals surface area contributed by atoms with Crippen molar-refractivity contribution < 1.29 is 9.53 Å². The van der Waals surface area contributed by atoms with Crippen molar-refractivity contribution in [3.63, 3.8) is 0 Å². The molecule has 0 unspecified atom stereocenters. The van der Waals surface area contributed by atoms with E-state index < -0.39 is 0 Å². The largest absolute Gasteiger partial charge is 0.495 e. The number of hydrogen-bond donors (Lipinski definition) is 2. The molecule has 1 aromatic rings. The molecule has 5 heteroatoms. The van der Waals surface area contributed by atoms with Crippen molar-refractivity contribution in [3.05, 3.63) is 23.8 Å². The van der Waals surface area contributed by atoms with Gasteiger partial charge in [-0.2, -0.15) is 0 Å². The zero-order valence-corrected chi connectivity index (χ0v) is 11.1. The number of hydrogen-bond acceptors (Lipinski definition) is 3. The number of fused-ring (bicyclic) bond motifs is 1. The summed E-state index contributed by atoms with van der Waals surface area (Å²) in [5.74, 6) is 0.732. The van der Waals surface area contributed by atoms with E-state index in [0.29, 0.717) is 12.6 Å². The fourth-order valence-corrected chi connectivity index (χ4v) is 2.87. The molecule has 0 saturated carbocycles. The first kappa shape index (κ1) is 12.3. The molecule has 0 radical (unpaired) electrons. The minimum Gasteiger partial charge on any atom is -0.495 e. The van der Waals surface area contributed by atoms with Gasteiger partial charge in [0, 0.05) is 12.6 Å². The van der Waals surface area contributed by atoms with Crippen LogP contribution in [0, 0.1) is 0 Å². The molecule has 0 bridgehead atoms. The van der Waals surface area contributed by atoms with E-state index in [9.17, 15) is 4.79 Å². The van der Waals surface area contributed by atoms with E-state index in [0.717, 1.165) is 42.9 Å². The first-order valence-electron chi connectivity index (χ1n) is 6.74. The maximum atomic E-state index is 12.3. The maximum Gasteiger partial charge on any atom is 0.322 e. The lowest BCUT2D eigenvalue weighted by Gasteiger charge is -2.38. The van der Waals surface area contributed by atoms with E-state index in [2.05, 4.69) is 10.6 Å². The standard InChI is InChI=1S/C14H19N3O2/c1-19-12-4-2-3-10-9-17(14(18)16-13(10)12)11-5-7-15-8-6-11/h2-4,11,15H,5-9H2,1H3,(H,16,18). The van der Waals surface area contributed by atoms with Crippen LogP contribution in [0.5, 0.6) is 5.75 Å². The van der Waals surface area contributed by atoms with Gasteiger partial charge in [-0.05, 0) is 37.6 Å². The molecule has 1 saturated heterocycles. The van der Waals surface area contributed by atoms with Crippen LogP contribution in [0.4, 0.5) is 10.5 Å². The molecule has 3 rings (SSSR count). The smallest absolute Gasteiger partial charge is 0.322 e. The van der Waals surface area contributed by atoms with Gasteiger partial charge in [0.2, 0.25) is 0 Å². The van der Waals surface area contributed by atoms with Gasteiger partial charge in [-0.25, -0.2) is 4.79 Å². The predicted molar refractivity (Wildman–Crippen MR) is 73.4 cm³/mol. The van der Waals surface area contributed by atoms with Crippen LogP contribution in [0.1, 0.15) is 18.4 Å². The molecule has 5 nitrogen and oxygen atoms in total. The second-order valence-corrected chi connectivity index (χ2v) is 5.03. The van der Waals surface area contributed by atoms with Gasteiger partial charge < -0.3 is 20.3 Å². The van der Waals surface area contributed by atoms with Crippen molar-refractivity contribution in [3.8, 4) is 5.75 Å². The van der Waals surface area contributed by atoms with Crippen molar-refractivity contribution in [2.24, 2.45) is 0 Å². The Hall–Kier alpha value is -1.75. The van der Waals surface area contributed by atoms with Gasteiger partial charge in [0.05, 0.1) is 12.8 Å². The van der Waals surface area contributed by atoms with Gasteiger partial charge in [0.1, 0.15) is 5.75 Å². The summed E-state index contributed by atoms with van der Waals surface area (Å²) < 4.78 is 5.30. The van der Waals surface area contributed by atoms with Crippen LogP contribution in [-0.2, 0) is 6.54 Å². The molecule has 1 aromatic carbocycles. The van der Waals surface area contributed by atoms with Crippen molar-refractivity contribution in [2.45, 2.75) is 25.4 Å². The van der Waals surface area contributed by atoms with Gasteiger partial charge in [-0.15, -0.1) is 0 Å². The zero-order valence-electron chi connectivity index (χ0n) is 11.1. The number of ether oxygens (including phenoxy) is 1. The first-order valence-corrected chi connectivity index (χ1v) is 6.74. The Morgan fingerprint density at radius 2 is 2.11 bits per heavy atom. The Kier molecular flexibility index (Phi) is 3.29. The molecule has 19 heavy (non-hydrogen) atoms. The van der Waals surface area contributed by atoms with E-state index in [4.69, 9.17) is 4.74 Å². The maximum absolute atomic E-state index is 12.3. The van der Waals surface area contributed by atoms with Crippen LogP contribution in [0.15, 0.2) is 18.2 Å². The Morgan fingerprint density at radius 3 is 2.84 bits per heavy atom. The molecule has 0 aliphatic carbocycles. The van der Waals surface area contributed by atoms with Crippen molar-refractivity contribution >= 4 is 11.7 Å². The second-order valence-electron chi connectivity index (χ2n) is 5.03. The van der Waals surface area contributed by atoms with E-state index >= 15 is 0 Å². The van der Waals surface area contributed by atoms with Crippen LogP contribution < -0.4 is 15.4 Å². The van der Waals surface area contributed by atoms with E-state index in [1.807, 2.05) is 23.1 Å². The number of piperidine rings is 1. The highest BCUT2D eigenvalue weighted by Gasteiger charge is 2.30. The molecule has 2 N–H and O–H groups in total. The average Bonchev–Trinajstić information content (AvgIpc) is 2.47. The number of carbonyl (C=O) groups excluding carboxylic acids is 1. The summed E-state index contributed by atoms with van der Waals surface area (Å²) in [6.45, 7) is 2.64. The number of nitrogens with zero attached hydrogens (tertiary/aromatic N) is 1. The molecule has 2 heterocycles. The fraction of sp³-hybridized carbons (Fsp3) is 0.500. The summed E-state index contributed by atoms with van der Waals surface area (Å²) >= 11 is 0. The van der Waals surface area contributed by atoms with E-state index in [1.165, 1.54) is 0 Å². The molecule has 102 valence electrons. The van der Waals surface area contributed by atoms with Gasteiger partial charge >= 0.3 is 6.03 Å². The molecule has 1 fully saturated rings. The highest BCUT2D eigenvalue weighted by molar-refractivity contribution is 5.94. The van der Waals surface area contributed by atoms with Crippen LogP contribution in [-0.4, -0.2) is 37.2 Å². The Bertz CT molecular complexity index is 484. The Balaban J connectivity index is 1.85. The summed E-state index contributed by atoms with van der Waals surface area (Å²) in [6.07, 6.45) is 2.04. The molecule has 0 atom stereocenters. The van der Waals surface area contributed by atoms with Crippen LogP contribution in [0.25, 0.3) is 0 Å². The number of para-hydroxylation sites is 1. The van der Waals surface area contributed by atoms with Crippen molar-refractivity contribution in [2.75, 3.05) is 25.5 Å². The minimum atomic E-state index is -0.0103. The number of nitrogens with one attached hydrogen (secondary N) is 2. The molecular formula is C14H19N3O2. The third kappa shape index (κ3) is 2.26. The number of benzene rings is 1. The lowest BCUT2D eigenvalue weighted by molar-refractivity contribution is 0.163. The quantitative estimate of drug-likeness (QED) is 0.853. The summed E-state index contributed by atoms with van der Waals surface area (Å²) in [6, 6.07) is 6.21. The van der Waals surface area contributed by atoms with Crippen LogP contribution in [0.3, 0.4) is 0 Å². The number of urea groups is 1. The summed E-state index contributed by atoms with van der Waals surface area (Å²) in [4.78, 5) is 14.2. The van der Waals surface area contributed by atoms with Gasteiger partial charge in [-0.3, -0.25) is 0 Å². The van der Waals surface area contributed by atoms with Crippen molar-refractivity contribution in [1.82, 2.24) is 10.2 Å². The van der Waals surface area contributed by atoms with E-state index in [1.54, 1.807) is 7.11 Å². The normalized spacial score (nSPS) is 19.8. The van der Waals surface area contributed by atoms with Crippen molar-refractivity contribution in [1.29, 1.82) is 0 Å². The highest BCUT2D eigenvalue weighted by Crippen LogP contribution is 2.33. The molecule has 2 aliphatic rings. The number of methoxy groups -OCH3 is 1. The second kappa shape index (κ2) is 5.09. The predicted octanol–water partition coefficient (Wildman–Crippen LogP) is 1.79.